The second-order valence-electron chi connectivity index (χ2n) is 6.95. The lowest BCUT2D eigenvalue weighted by atomic mass is 9.88. The minimum Gasteiger partial charge on any atom is -0.480 e. The van der Waals surface area contributed by atoms with Crippen molar-refractivity contribution in [1.82, 2.24) is 9.80 Å². The first kappa shape index (κ1) is 17.3. The highest BCUT2D eigenvalue weighted by molar-refractivity contribution is 5.80. The topological polar surface area (TPSA) is 60.9 Å². The van der Waals surface area contributed by atoms with Gasteiger partial charge in [-0.15, -0.1) is 0 Å². The summed E-state index contributed by atoms with van der Waals surface area (Å²) in [5.41, 5.74) is 0. The maximum Gasteiger partial charge on any atom is 0.317 e. The van der Waals surface area contributed by atoms with Crippen LogP contribution in [0.4, 0.5) is 0 Å². The molecule has 2 saturated carbocycles. The molecule has 0 atom stereocenters. The van der Waals surface area contributed by atoms with Gasteiger partial charge in [-0.25, -0.2) is 0 Å². The van der Waals surface area contributed by atoms with Crippen LogP contribution in [0.15, 0.2) is 0 Å². The van der Waals surface area contributed by atoms with Crippen LogP contribution in [-0.4, -0.2) is 59.0 Å². The molecule has 2 aliphatic carbocycles. The third-order valence-corrected chi connectivity index (χ3v) is 5.03. The van der Waals surface area contributed by atoms with Crippen LogP contribution in [0.3, 0.4) is 0 Å². The summed E-state index contributed by atoms with van der Waals surface area (Å²) in [4.78, 5) is 27.4. The molecule has 0 bridgehead atoms. The number of carboxylic acid groups (broad SMARTS) is 1. The van der Waals surface area contributed by atoms with Crippen molar-refractivity contribution in [1.29, 1.82) is 0 Å². The van der Waals surface area contributed by atoms with Gasteiger partial charge in [-0.1, -0.05) is 38.5 Å². The number of amides is 1. The summed E-state index contributed by atoms with van der Waals surface area (Å²) in [7, 11) is 1.71. The van der Waals surface area contributed by atoms with E-state index in [4.69, 9.17) is 5.11 Å². The molecule has 22 heavy (non-hydrogen) atoms. The Morgan fingerprint density at radius 2 is 1.32 bits per heavy atom. The molecule has 5 nitrogen and oxygen atoms in total. The smallest absolute Gasteiger partial charge is 0.317 e. The fourth-order valence-electron chi connectivity index (χ4n) is 4.02. The lowest BCUT2D eigenvalue weighted by Gasteiger charge is -2.42. The number of nitrogens with zero attached hydrogens (tertiary/aromatic N) is 2. The summed E-state index contributed by atoms with van der Waals surface area (Å²) >= 11 is 0. The predicted octanol–water partition coefficient (Wildman–Crippen LogP) is 2.50. The van der Waals surface area contributed by atoms with E-state index < -0.39 is 5.97 Å². The SMILES string of the molecule is CN(CC(=O)O)CC(=O)N(C1CCCCC1)C1CCCCC1. The van der Waals surface area contributed by atoms with Gasteiger partial charge in [0, 0.05) is 12.1 Å². The molecule has 0 saturated heterocycles. The average Bonchev–Trinajstić information content (AvgIpc) is 2.48. The Balaban J connectivity index is 2.01. The van der Waals surface area contributed by atoms with Crippen LogP contribution in [0.25, 0.3) is 0 Å². The fraction of sp³-hybridized carbons (Fsp3) is 0.882. The summed E-state index contributed by atoms with van der Waals surface area (Å²) in [6, 6.07) is 0.755. The molecule has 1 amide bonds. The predicted molar refractivity (Wildman–Crippen MR) is 85.7 cm³/mol. The van der Waals surface area contributed by atoms with Crippen molar-refractivity contribution in [2.45, 2.75) is 76.3 Å². The molecule has 0 radical (unpaired) electrons. The van der Waals surface area contributed by atoms with E-state index in [0.29, 0.717) is 12.1 Å². The van der Waals surface area contributed by atoms with Crippen molar-refractivity contribution in [2.24, 2.45) is 0 Å². The van der Waals surface area contributed by atoms with E-state index in [2.05, 4.69) is 4.90 Å². The third-order valence-electron chi connectivity index (χ3n) is 5.03. The van der Waals surface area contributed by atoms with Gasteiger partial charge < -0.3 is 10.0 Å². The number of hydrogen-bond donors (Lipinski definition) is 1. The minimum absolute atomic E-state index is 0.0745. The van der Waals surface area contributed by atoms with Crippen LogP contribution in [-0.2, 0) is 9.59 Å². The van der Waals surface area contributed by atoms with Gasteiger partial charge in [0.1, 0.15) is 0 Å². The summed E-state index contributed by atoms with van der Waals surface area (Å²) in [5, 5.41) is 8.87. The van der Waals surface area contributed by atoms with E-state index in [1.54, 1.807) is 11.9 Å². The Labute approximate surface area is 133 Å². The number of hydrogen-bond acceptors (Lipinski definition) is 3. The van der Waals surface area contributed by atoms with Gasteiger partial charge in [0.15, 0.2) is 0 Å². The summed E-state index contributed by atoms with van der Waals surface area (Å²) in [5.74, 6) is -0.750. The molecule has 0 aromatic carbocycles. The van der Waals surface area contributed by atoms with Crippen molar-refractivity contribution in [2.75, 3.05) is 20.1 Å². The Morgan fingerprint density at radius 3 is 1.73 bits per heavy atom. The van der Waals surface area contributed by atoms with Gasteiger partial charge in [0.05, 0.1) is 13.1 Å². The maximum absolute atomic E-state index is 12.8. The number of carbonyl (C=O) groups excluding carboxylic acids is 1. The van der Waals surface area contributed by atoms with Gasteiger partial charge in [-0.3, -0.25) is 14.5 Å². The Bertz CT molecular complexity index is 356. The summed E-state index contributed by atoms with van der Waals surface area (Å²) in [6.07, 6.45) is 11.9. The Kier molecular flexibility index (Phi) is 6.68. The Morgan fingerprint density at radius 1 is 0.864 bits per heavy atom. The van der Waals surface area contributed by atoms with E-state index >= 15 is 0 Å². The highest BCUT2D eigenvalue weighted by atomic mass is 16.4. The first-order valence-corrected chi connectivity index (χ1v) is 8.79. The second kappa shape index (κ2) is 8.51. The van der Waals surface area contributed by atoms with E-state index in [0.717, 1.165) is 25.7 Å². The molecule has 0 aromatic heterocycles. The zero-order valence-corrected chi connectivity index (χ0v) is 13.8. The molecule has 2 fully saturated rings. The van der Waals surface area contributed by atoms with E-state index in [-0.39, 0.29) is 19.0 Å². The molecule has 2 aliphatic rings. The second-order valence-corrected chi connectivity index (χ2v) is 6.95. The maximum atomic E-state index is 12.8. The molecular formula is C17H30N2O3. The molecule has 2 rings (SSSR count). The van der Waals surface area contributed by atoms with Crippen molar-refractivity contribution in [3.63, 3.8) is 0 Å². The van der Waals surface area contributed by atoms with Gasteiger partial charge in [0.25, 0.3) is 0 Å². The fourth-order valence-corrected chi connectivity index (χ4v) is 4.02. The molecule has 1 N–H and O–H groups in total. The highest BCUT2D eigenvalue weighted by Crippen LogP contribution is 2.30. The monoisotopic (exact) mass is 310 g/mol. The first-order chi connectivity index (χ1) is 10.6. The van der Waals surface area contributed by atoms with E-state index in [1.807, 2.05) is 0 Å². The number of carbonyl (C=O) groups is 2. The lowest BCUT2D eigenvalue weighted by Crippen LogP contribution is -2.52. The van der Waals surface area contributed by atoms with Crippen LogP contribution in [0.2, 0.25) is 0 Å². The summed E-state index contributed by atoms with van der Waals surface area (Å²) in [6.45, 7) is 0.147. The van der Waals surface area contributed by atoms with Gasteiger partial charge in [-0.2, -0.15) is 0 Å². The molecule has 0 unspecified atom stereocenters. The van der Waals surface area contributed by atoms with Gasteiger partial charge >= 0.3 is 5.97 Å². The van der Waals surface area contributed by atoms with Crippen molar-refractivity contribution in [3.8, 4) is 0 Å². The van der Waals surface area contributed by atoms with Gasteiger partial charge in [0.2, 0.25) is 5.91 Å². The van der Waals surface area contributed by atoms with E-state index in [9.17, 15) is 9.59 Å². The molecular weight excluding hydrogens is 280 g/mol. The quantitative estimate of drug-likeness (QED) is 0.819. The zero-order chi connectivity index (χ0) is 15.9. The van der Waals surface area contributed by atoms with Crippen LogP contribution in [0.1, 0.15) is 64.2 Å². The van der Waals surface area contributed by atoms with Crippen molar-refractivity contribution >= 4 is 11.9 Å². The third kappa shape index (κ3) is 4.97. The van der Waals surface area contributed by atoms with Crippen LogP contribution in [0, 0.1) is 0 Å². The van der Waals surface area contributed by atoms with Gasteiger partial charge in [-0.05, 0) is 32.7 Å². The van der Waals surface area contributed by atoms with Crippen molar-refractivity contribution < 1.29 is 14.7 Å². The number of rotatable bonds is 6. The number of aliphatic carboxylic acids is 1. The largest absolute Gasteiger partial charge is 0.480 e. The molecule has 0 aromatic rings. The molecule has 126 valence electrons. The normalized spacial score (nSPS) is 21.0. The zero-order valence-electron chi connectivity index (χ0n) is 13.8. The Hall–Kier alpha value is -1.10. The van der Waals surface area contributed by atoms with Crippen LogP contribution in [0.5, 0.6) is 0 Å². The summed E-state index contributed by atoms with van der Waals surface area (Å²) < 4.78 is 0. The molecule has 5 heteroatoms. The first-order valence-electron chi connectivity index (χ1n) is 8.79. The highest BCUT2D eigenvalue weighted by Gasteiger charge is 2.32. The molecule has 0 aliphatic heterocycles. The minimum atomic E-state index is -0.878. The van der Waals surface area contributed by atoms with E-state index in [1.165, 1.54) is 38.5 Å². The lowest BCUT2D eigenvalue weighted by molar-refractivity contribution is -0.141. The number of carboxylic acids is 1. The average molecular weight is 310 g/mol. The molecule has 0 heterocycles. The van der Waals surface area contributed by atoms with Crippen LogP contribution < -0.4 is 0 Å². The standard InChI is InChI=1S/C17H30N2O3/c1-18(13-17(21)22)12-16(20)19(14-8-4-2-5-9-14)15-10-6-3-7-11-15/h14-15H,2-13H2,1H3,(H,21,22). The van der Waals surface area contributed by atoms with Crippen molar-refractivity contribution in [3.05, 3.63) is 0 Å². The van der Waals surface area contributed by atoms with Crippen LogP contribution >= 0.6 is 0 Å². The number of likely N-dealkylation sites (N-methyl/N-ethyl adjacent to an activating group) is 1. The molecule has 0 spiro atoms.